The maximum Gasteiger partial charge on any atom is 0.451 e. The lowest BCUT2D eigenvalue weighted by molar-refractivity contribution is -0.147. The second-order valence-corrected chi connectivity index (χ2v) is 9.72. The van der Waals surface area contributed by atoms with Gasteiger partial charge < -0.3 is 4.90 Å². The molecule has 1 fully saturated rings. The number of thioether (sulfide) groups is 1. The summed E-state index contributed by atoms with van der Waals surface area (Å²) in [5, 5.41) is 4.18. The number of piperidine rings is 1. The largest absolute Gasteiger partial charge is 0.451 e. The van der Waals surface area contributed by atoms with Crippen molar-refractivity contribution >= 4 is 17.7 Å². The Morgan fingerprint density at radius 1 is 1.18 bits per heavy atom. The van der Waals surface area contributed by atoms with Gasteiger partial charge in [-0.1, -0.05) is 11.8 Å². The number of alkyl halides is 3. The van der Waals surface area contributed by atoms with Gasteiger partial charge in [-0.3, -0.25) is 18.7 Å². The third-order valence-electron chi connectivity index (χ3n) is 6.70. The maximum atomic E-state index is 13.1. The van der Waals surface area contributed by atoms with Crippen molar-refractivity contribution in [3.05, 3.63) is 37.9 Å². The molecule has 2 aromatic rings. The summed E-state index contributed by atoms with van der Waals surface area (Å²) in [4.78, 5) is 44.4. The molecule has 13 heteroatoms. The van der Waals surface area contributed by atoms with Crippen LogP contribution in [0.2, 0.25) is 0 Å². The molecule has 1 atom stereocenters. The number of carbonyl (C=O) groups excluding carboxylic acids is 1. The van der Waals surface area contributed by atoms with E-state index in [-0.39, 0.29) is 23.9 Å². The molecule has 1 saturated heterocycles. The van der Waals surface area contributed by atoms with Crippen molar-refractivity contribution in [2.75, 3.05) is 18.8 Å². The Balaban J connectivity index is 1.25. The summed E-state index contributed by atoms with van der Waals surface area (Å²) in [6.07, 6.45) is -1.39. The van der Waals surface area contributed by atoms with Gasteiger partial charge in [-0.25, -0.2) is 14.5 Å². The zero-order chi connectivity index (χ0) is 23.5. The normalized spacial score (nSPS) is 20.8. The highest BCUT2D eigenvalue weighted by molar-refractivity contribution is 7.99. The van der Waals surface area contributed by atoms with Crippen LogP contribution in [0.5, 0.6) is 0 Å². The van der Waals surface area contributed by atoms with Crippen molar-refractivity contribution in [1.82, 2.24) is 28.8 Å². The molecule has 33 heavy (non-hydrogen) atoms. The second-order valence-electron chi connectivity index (χ2n) is 8.74. The highest BCUT2D eigenvalue weighted by Gasteiger charge is 2.39. The van der Waals surface area contributed by atoms with Crippen LogP contribution in [0.15, 0.2) is 14.7 Å². The zero-order valence-electron chi connectivity index (χ0n) is 18.0. The van der Waals surface area contributed by atoms with E-state index in [1.165, 1.54) is 11.8 Å². The standard InChI is InChI=1S/C20H23F3N6O3S/c1-26-17(20(21,22)23)25-29(19(26)32)11-5-7-27(8-6-11)15(30)9-12-10-33-18-24-14-4-2-3-13(14)16(31)28(12)18/h11-12H,2-10H2,1H3. The molecule has 0 spiro atoms. The molecule has 4 heterocycles. The minimum atomic E-state index is -4.71. The van der Waals surface area contributed by atoms with Crippen LogP contribution in [0, 0.1) is 0 Å². The summed E-state index contributed by atoms with van der Waals surface area (Å²) < 4.78 is 42.2. The van der Waals surface area contributed by atoms with E-state index in [0.29, 0.717) is 41.4 Å². The first-order valence-electron chi connectivity index (χ1n) is 10.9. The van der Waals surface area contributed by atoms with Crippen LogP contribution in [0.3, 0.4) is 0 Å². The summed E-state index contributed by atoms with van der Waals surface area (Å²) in [6.45, 7) is 0.635. The molecule has 3 aliphatic rings. The molecule has 0 bridgehead atoms. The number of fused-ring (bicyclic) bond motifs is 2. The molecular weight excluding hydrogens is 461 g/mol. The Hall–Kier alpha value is -2.57. The van der Waals surface area contributed by atoms with E-state index in [4.69, 9.17) is 0 Å². The monoisotopic (exact) mass is 484 g/mol. The van der Waals surface area contributed by atoms with Gasteiger partial charge in [-0.2, -0.15) is 13.2 Å². The van der Waals surface area contributed by atoms with Gasteiger partial charge in [0.25, 0.3) is 5.56 Å². The number of aryl methyl sites for hydroxylation is 1. The molecule has 0 saturated carbocycles. The molecular formula is C20H23F3N6O3S. The van der Waals surface area contributed by atoms with Gasteiger partial charge in [-0.05, 0) is 32.1 Å². The fourth-order valence-electron chi connectivity index (χ4n) is 4.93. The van der Waals surface area contributed by atoms with E-state index in [1.54, 1.807) is 9.47 Å². The SMILES string of the molecule is Cn1c(C(F)(F)F)nn(C2CCN(C(=O)CC3CSc4nc5c(c(=O)n43)CCC5)CC2)c1=O. The van der Waals surface area contributed by atoms with Crippen molar-refractivity contribution in [3.8, 4) is 0 Å². The number of halogens is 3. The number of rotatable bonds is 3. The van der Waals surface area contributed by atoms with Crippen molar-refractivity contribution in [3.63, 3.8) is 0 Å². The minimum absolute atomic E-state index is 0.0380. The molecule has 9 nitrogen and oxygen atoms in total. The topological polar surface area (TPSA) is 95.0 Å². The molecule has 1 unspecified atom stereocenters. The van der Waals surface area contributed by atoms with Crippen LogP contribution in [0.25, 0.3) is 0 Å². The lowest BCUT2D eigenvalue weighted by Crippen LogP contribution is -2.42. The molecule has 2 aromatic heterocycles. The predicted molar refractivity (Wildman–Crippen MR) is 112 cm³/mol. The molecule has 0 aromatic carbocycles. The van der Waals surface area contributed by atoms with Gasteiger partial charge in [-0.15, -0.1) is 5.10 Å². The summed E-state index contributed by atoms with van der Waals surface area (Å²) in [5.41, 5.74) is 0.792. The summed E-state index contributed by atoms with van der Waals surface area (Å²) >= 11 is 1.49. The van der Waals surface area contributed by atoms with Crippen LogP contribution in [-0.2, 0) is 30.9 Å². The number of aromatic nitrogens is 5. The third kappa shape index (κ3) is 3.79. The lowest BCUT2D eigenvalue weighted by Gasteiger charge is -2.32. The van der Waals surface area contributed by atoms with Crippen LogP contribution in [0.1, 0.15) is 54.8 Å². The molecule has 2 aliphatic heterocycles. The first-order valence-corrected chi connectivity index (χ1v) is 11.9. The lowest BCUT2D eigenvalue weighted by atomic mass is 10.0. The van der Waals surface area contributed by atoms with E-state index in [1.807, 2.05) is 0 Å². The van der Waals surface area contributed by atoms with Crippen LogP contribution >= 0.6 is 11.8 Å². The Morgan fingerprint density at radius 3 is 2.58 bits per heavy atom. The van der Waals surface area contributed by atoms with Gasteiger partial charge in [0.1, 0.15) is 0 Å². The van der Waals surface area contributed by atoms with E-state index >= 15 is 0 Å². The number of hydrogen-bond acceptors (Lipinski definition) is 6. The Kier molecular flexibility index (Phi) is 5.41. The quantitative estimate of drug-likeness (QED) is 0.614. The van der Waals surface area contributed by atoms with Gasteiger partial charge in [0.05, 0.1) is 17.8 Å². The van der Waals surface area contributed by atoms with Gasteiger partial charge >= 0.3 is 11.9 Å². The maximum absolute atomic E-state index is 13.1. The first-order chi connectivity index (χ1) is 15.6. The molecule has 1 amide bonds. The molecule has 1 aliphatic carbocycles. The van der Waals surface area contributed by atoms with E-state index in [0.717, 1.165) is 42.2 Å². The molecule has 0 radical (unpaired) electrons. The number of carbonyl (C=O) groups is 1. The molecule has 5 rings (SSSR count). The molecule has 0 N–H and O–H groups in total. The summed E-state index contributed by atoms with van der Waals surface area (Å²) in [7, 11) is 1.05. The van der Waals surface area contributed by atoms with Crippen molar-refractivity contribution in [2.24, 2.45) is 7.05 Å². The number of likely N-dealkylation sites (tertiary alicyclic amines) is 1. The van der Waals surface area contributed by atoms with E-state index < -0.39 is 23.7 Å². The Bertz CT molecular complexity index is 1230. The second kappa shape index (κ2) is 8.03. The smallest absolute Gasteiger partial charge is 0.342 e. The number of nitrogens with zero attached hydrogens (tertiary/aromatic N) is 6. The summed E-state index contributed by atoms with van der Waals surface area (Å²) in [5.74, 6) is -0.728. The Morgan fingerprint density at radius 2 is 1.91 bits per heavy atom. The van der Waals surface area contributed by atoms with Crippen molar-refractivity contribution < 1.29 is 18.0 Å². The Labute approximate surface area is 190 Å². The minimum Gasteiger partial charge on any atom is -0.342 e. The summed E-state index contributed by atoms with van der Waals surface area (Å²) in [6, 6.07) is -0.755. The number of hydrogen-bond donors (Lipinski definition) is 0. The zero-order valence-corrected chi connectivity index (χ0v) is 18.8. The fraction of sp³-hybridized carbons (Fsp3) is 0.650. The highest BCUT2D eigenvalue weighted by atomic mass is 32.2. The number of amides is 1. The van der Waals surface area contributed by atoms with Crippen molar-refractivity contribution in [2.45, 2.75) is 61.9 Å². The van der Waals surface area contributed by atoms with Crippen LogP contribution in [0.4, 0.5) is 13.2 Å². The predicted octanol–water partition coefficient (Wildman–Crippen LogP) is 1.55. The first kappa shape index (κ1) is 22.2. The van der Waals surface area contributed by atoms with Crippen LogP contribution in [-0.4, -0.2) is 53.5 Å². The third-order valence-corrected chi connectivity index (χ3v) is 7.80. The van der Waals surface area contributed by atoms with E-state index in [9.17, 15) is 27.6 Å². The van der Waals surface area contributed by atoms with E-state index in [2.05, 4.69) is 10.1 Å². The van der Waals surface area contributed by atoms with Crippen LogP contribution < -0.4 is 11.2 Å². The van der Waals surface area contributed by atoms with Crippen molar-refractivity contribution in [1.29, 1.82) is 0 Å². The van der Waals surface area contributed by atoms with Gasteiger partial charge in [0, 0.05) is 37.9 Å². The van der Waals surface area contributed by atoms with Gasteiger partial charge in [0.2, 0.25) is 11.7 Å². The van der Waals surface area contributed by atoms with Gasteiger partial charge in [0.15, 0.2) is 5.16 Å². The fourth-order valence-corrected chi connectivity index (χ4v) is 6.09. The average Bonchev–Trinajstić information content (AvgIpc) is 3.47. The average molecular weight is 485 g/mol. The highest BCUT2D eigenvalue weighted by Crippen LogP contribution is 2.35. The molecule has 178 valence electrons.